The van der Waals surface area contributed by atoms with E-state index in [2.05, 4.69) is 14.7 Å². The number of rotatable bonds is 3. The van der Waals surface area contributed by atoms with E-state index in [1.165, 1.54) is 24.3 Å². The second-order valence-corrected chi connectivity index (χ2v) is 6.83. The molecule has 172 valence electrons. The Hall–Kier alpha value is -3.47. The highest BCUT2D eigenvalue weighted by Crippen LogP contribution is 2.47. The minimum Gasteiger partial charge on any atom is -0.453 e. The summed E-state index contributed by atoms with van der Waals surface area (Å²) in [6, 6.07) is 13.3. The molecule has 12 heteroatoms. The molecule has 0 N–H and O–H groups in total. The van der Waals surface area contributed by atoms with Gasteiger partial charge < -0.3 is 14.2 Å². The van der Waals surface area contributed by atoms with Gasteiger partial charge in [-0.15, -0.1) is 12.4 Å². The van der Waals surface area contributed by atoms with E-state index in [-0.39, 0.29) is 35.0 Å². The van der Waals surface area contributed by atoms with E-state index >= 15 is 0 Å². The molecule has 33 heavy (non-hydrogen) atoms. The van der Waals surface area contributed by atoms with E-state index in [4.69, 9.17) is 9.47 Å². The molecule has 2 aliphatic rings. The summed E-state index contributed by atoms with van der Waals surface area (Å²) in [6.45, 7) is 0. The summed E-state index contributed by atoms with van der Waals surface area (Å²) in [4.78, 5) is 8.60. The van der Waals surface area contributed by atoms with Crippen LogP contribution in [0.4, 0.5) is 37.7 Å². The zero-order valence-corrected chi connectivity index (χ0v) is 16.9. The molecule has 3 aromatic rings. The van der Waals surface area contributed by atoms with E-state index in [0.717, 1.165) is 6.07 Å². The average Bonchev–Trinajstić information content (AvgIpc) is 2.74. The Balaban J connectivity index is 0.00000259. The Labute approximate surface area is 187 Å². The normalized spacial score (nSPS) is 15.0. The van der Waals surface area contributed by atoms with E-state index in [1.807, 2.05) is 0 Å². The van der Waals surface area contributed by atoms with Crippen molar-refractivity contribution in [1.29, 1.82) is 0 Å². The fraction of sp³-hybridized carbons (Fsp3) is 0.143. The number of benzene rings is 3. The van der Waals surface area contributed by atoms with Gasteiger partial charge in [-0.25, -0.2) is 18.8 Å². The molecule has 1 atom stereocenters. The molecule has 5 nitrogen and oxygen atoms in total. The predicted molar refractivity (Wildman–Crippen MR) is 105 cm³/mol. The van der Waals surface area contributed by atoms with Crippen LogP contribution in [0, 0.1) is 0 Å². The van der Waals surface area contributed by atoms with Gasteiger partial charge in [0.2, 0.25) is 0 Å². The number of hydrogen-bond acceptors (Lipinski definition) is 5. The number of hydrogen-bond donors (Lipinski definition) is 0. The molecule has 0 aromatic heterocycles. The van der Waals surface area contributed by atoms with Gasteiger partial charge in [0.15, 0.2) is 28.7 Å². The Morgan fingerprint density at radius 1 is 0.758 bits per heavy atom. The summed E-state index contributed by atoms with van der Waals surface area (Å²) in [6.07, 6.45) is -10.5. The number of alkyl halides is 6. The maximum atomic E-state index is 14.1. The van der Waals surface area contributed by atoms with E-state index < -0.39 is 24.2 Å². The van der Waals surface area contributed by atoms with Crippen LogP contribution < -0.4 is 24.9 Å². The second-order valence-electron chi connectivity index (χ2n) is 6.83. The molecule has 5 rings (SSSR count). The van der Waals surface area contributed by atoms with Crippen LogP contribution in [-0.2, 0) is 0 Å². The molecule has 0 aliphatic carbocycles. The Bertz CT molecular complexity index is 1370. The van der Waals surface area contributed by atoms with Gasteiger partial charge in [-0.1, -0.05) is 18.2 Å². The molecule has 1 unspecified atom stereocenters. The van der Waals surface area contributed by atoms with Crippen molar-refractivity contribution >= 4 is 23.8 Å². The van der Waals surface area contributed by atoms with E-state index in [9.17, 15) is 26.3 Å². The van der Waals surface area contributed by atoms with E-state index in [0.29, 0.717) is 22.5 Å². The summed E-state index contributed by atoms with van der Waals surface area (Å²) in [5.41, 5.74) is 0.210. The van der Waals surface area contributed by atoms with Gasteiger partial charge in [-0.2, -0.15) is 17.6 Å². The summed E-state index contributed by atoms with van der Waals surface area (Å²) in [5.74, 6) is -5.23. The van der Waals surface area contributed by atoms with Gasteiger partial charge in [0, 0.05) is 12.1 Å². The molecule has 0 saturated carbocycles. The van der Waals surface area contributed by atoms with Crippen LogP contribution in [0.15, 0.2) is 64.6 Å². The maximum absolute atomic E-state index is 14.1. The molecular formula is C21H11ClF6N2O3. The summed E-state index contributed by atoms with van der Waals surface area (Å²) in [5, 5.41) is 0.529. The molecule has 0 spiro atoms. The third-order valence-corrected chi connectivity index (χ3v) is 4.71. The molecule has 2 heterocycles. The van der Waals surface area contributed by atoms with Crippen LogP contribution in [0.1, 0.15) is 0 Å². The molecule has 0 bridgehead atoms. The molecule has 3 aromatic carbocycles. The zero-order valence-electron chi connectivity index (χ0n) is 16.1. The van der Waals surface area contributed by atoms with Crippen LogP contribution in [-0.4, -0.2) is 18.5 Å². The number of nitrogens with zero attached hydrogens (tertiary/aromatic N) is 2. The van der Waals surface area contributed by atoms with Gasteiger partial charge in [-0.3, -0.25) is 0 Å². The van der Waals surface area contributed by atoms with Crippen molar-refractivity contribution in [2.24, 2.45) is 9.98 Å². The first-order valence-electron chi connectivity index (χ1n) is 9.08. The van der Waals surface area contributed by atoms with Crippen LogP contribution in [0.5, 0.6) is 28.7 Å². The lowest BCUT2D eigenvalue weighted by molar-refractivity contribution is -0.340. The van der Waals surface area contributed by atoms with E-state index in [1.54, 1.807) is 24.3 Å². The van der Waals surface area contributed by atoms with Crippen LogP contribution in [0.25, 0.3) is 0 Å². The Kier molecular flexibility index (Phi) is 5.39. The van der Waals surface area contributed by atoms with Gasteiger partial charge in [0.05, 0.1) is 0 Å². The molecule has 0 saturated heterocycles. The second kappa shape index (κ2) is 7.84. The summed E-state index contributed by atoms with van der Waals surface area (Å²) >= 11 is 0. The number of ether oxygens (including phenoxy) is 3. The lowest BCUT2D eigenvalue weighted by Crippen LogP contribution is -2.52. The predicted octanol–water partition coefficient (Wildman–Crippen LogP) is 6.09. The van der Waals surface area contributed by atoms with Gasteiger partial charge in [-0.05, 0) is 24.3 Å². The topological polar surface area (TPSA) is 52.4 Å². The number of para-hydroxylation sites is 3. The molecule has 2 aliphatic heterocycles. The van der Waals surface area contributed by atoms with Crippen molar-refractivity contribution in [2.75, 3.05) is 0 Å². The van der Waals surface area contributed by atoms with Crippen molar-refractivity contribution in [3.63, 3.8) is 0 Å². The Morgan fingerprint density at radius 3 is 2.03 bits per heavy atom. The largest absolute Gasteiger partial charge is 0.466 e. The number of fused-ring (bicyclic) bond motifs is 4. The highest BCUT2D eigenvalue weighted by Gasteiger charge is 2.66. The lowest BCUT2D eigenvalue weighted by atomic mass is 10.2. The molecular weight excluding hydrogens is 478 g/mol. The van der Waals surface area contributed by atoms with Crippen molar-refractivity contribution in [3.05, 3.63) is 65.3 Å². The van der Waals surface area contributed by atoms with Crippen molar-refractivity contribution in [3.8, 4) is 28.7 Å². The van der Waals surface area contributed by atoms with Crippen molar-refractivity contribution in [1.82, 2.24) is 0 Å². The maximum Gasteiger partial charge on any atom is 0.466 e. The van der Waals surface area contributed by atoms with Gasteiger partial charge in [0.1, 0.15) is 22.1 Å². The quantitative estimate of drug-likeness (QED) is 0.289. The van der Waals surface area contributed by atoms with Crippen molar-refractivity contribution < 1.29 is 40.6 Å². The first-order valence-corrected chi connectivity index (χ1v) is 9.08. The average molecular weight is 489 g/mol. The lowest BCUT2D eigenvalue weighted by Gasteiger charge is -2.28. The van der Waals surface area contributed by atoms with Gasteiger partial charge >= 0.3 is 18.5 Å². The molecule has 0 fully saturated rings. The monoisotopic (exact) mass is 488 g/mol. The fourth-order valence-electron chi connectivity index (χ4n) is 3.16. The third-order valence-electron chi connectivity index (χ3n) is 4.71. The van der Waals surface area contributed by atoms with Gasteiger partial charge in [0.25, 0.3) is 0 Å². The smallest absolute Gasteiger partial charge is 0.453 e. The Morgan fingerprint density at radius 2 is 1.36 bits per heavy atom. The fourth-order valence-corrected chi connectivity index (χ4v) is 3.16. The van der Waals surface area contributed by atoms with Crippen molar-refractivity contribution in [2.45, 2.75) is 18.5 Å². The standard InChI is InChI=1S/C21H10F6N2O3.ClH/c22-19(23)20(24,21(25,26)27)32-15-7-3-6-14-18(15)29-12-9-16-11(8-17(12)31-14)28-10-4-1-2-5-13(10)30-16;/h1-9,19H;1H. The minimum atomic E-state index is -5.99. The highest BCUT2D eigenvalue weighted by molar-refractivity contribution is 5.85. The van der Waals surface area contributed by atoms with Crippen LogP contribution in [0.2, 0.25) is 0 Å². The zero-order chi connectivity index (χ0) is 22.7. The summed E-state index contributed by atoms with van der Waals surface area (Å²) in [7, 11) is 0. The number of halogens is 7. The third kappa shape index (κ3) is 3.71. The van der Waals surface area contributed by atoms with Crippen LogP contribution >= 0.6 is 12.4 Å². The SMILES string of the molecule is Cl.FC(F)C(F)(Oc1cccc2c1N=c1cc3c(cc1O2)=Nc1ccccc1O3)C(F)(F)F. The summed E-state index contributed by atoms with van der Waals surface area (Å²) < 4.78 is 94.4. The highest BCUT2D eigenvalue weighted by atomic mass is 35.5. The first-order chi connectivity index (χ1) is 15.2. The van der Waals surface area contributed by atoms with Crippen LogP contribution in [0.3, 0.4) is 0 Å². The molecule has 0 radical (unpaired) electrons. The molecule has 0 amide bonds. The first kappa shape index (κ1) is 22.7. The minimum absolute atomic E-state index is 0.